The molecular formula is C13H14BNO3. The number of amides is 1. The zero-order valence-electron chi connectivity index (χ0n) is 10.3. The molecule has 0 bridgehead atoms. The lowest BCUT2D eigenvalue weighted by molar-refractivity contribution is -0.116. The second-order valence-corrected chi connectivity index (χ2v) is 4.17. The van der Waals surface area contributed by atoms with Crippen molar-refractivity contribution in [3.8, 4) is 0 Å². The molecule has 0 aliphatic heterocycles. The van der Waals surface area contributed by atoms with Crippen LogP contribution >= 0.6 is 0 Å². The number of hydrogen-bond acceptors (Lipinski definition) is 3. The number of anilines is 1. The molecule has 0 unspecified atom stereocenters. The van der Waals surface area contributed by atoms with Gasteiger partial charge in [-0.25, -0.2) is 0 Å². The van der Waals surface area contributed by atoms with E-state index in [1.165, 1.54) is 11.8 Å². The largest absolute Gasteiger partial charge is 0.489 e. The van der Waals surface area contributed by atoms with Gasteiger partial charge in [0.05, 0.1) is 5.69 Å². The smallest absolute Gasteiger partial charge is 0.423 e. The van der Waals surface area contributed by atoms with E-state index in [2.05, 4.69) is 0 Å². The molecule has 18 heavy (non-hydrogen) atoms. The molecule has 2 aromatic carbocycles. The fraction of sp³-hybridized carbons (Fsp3) is 0.154. The van der Waals surface area contributed by atoms with Crippen molar-refractivity contribution in [2.75, 3.05) is 11.9 Å². The number of rotatable bonds is 2. The number of hydrogen-bond donors (Lipinski definition) is 2. The summed E-state index contributed by atoms with van der Waals surface area (Å²) in [6, 6.07) is 10.7. The minimum absolute atomic E-state index is 0.0718. The first-order chi connectivity index (χ1) is 8.52. The zero-order chi connectivity index (χ0) is 13.3. The molecular weight excluding hydrogens is 229 g/mol. The van der Waals surface area contributed by atoms with E-state index >= 15 is 0 Å². The second kappa shape index (κ2) is 4.80. The van der Waals surface area contributed by atoms with Crippen LogP contribution in [0.1, 0.15) is 6.92 Å². The van der Waals surface area contributed by atoms with Crippen LogP contribution in [-0.2, 0) is 4.79 Å². The van der Waals surface area contributed by atoms with Crippen molar-refractivity contribution in [1.82, 2.24) is 0 Å². The Kier molecular flexibility index (Phi) is 3.36. The fourth-order valence-electron chi connectivity index (χ4n) is 2.00. The third-order valence-electron chi connectivity index (χ3n) is 3.04. The Morgan fingerprint density at radius 2 is 1.72 bits per heavy atom. The van der Waals surface area contributed by atoms with E-state index in [9.17, 15) is 14.8 Å². The summed E-state index contributed by atoms with van der Waals surface area (Å²) >= 11 is 0. The van der Waals surface area contributed by atoms with E-state index in [-0.39, 0.29) is 5.91 Å². The molecule has 5 heteroatoms. The van der Waals surface area contributed by atoms with Gasteiger partial charge < -0.3 is 14.9 Å². The monoisotopic (exact) mass is 243 g/mol. The SMILES string of the molecule is CC(=O)N(C)c1cccc2c(B(O)O)cccc12. The molecule has 2 rings (SSSR count). The second-order valence-electron chi connectivity index (χ2n) is 4.17. The first-order valence-electron chi connectivity index (χ1n) is 5.64. The van der Waals surface area contributed by atoms with Gasteiger partial charge in [-0.05, 0) is 16.9 Å². The van der Waals surface area contributed by atoms with E-state index in [1.807, 2.05) is 18.2 Å². The average Bonchev–Trinajstić information content (AvgIpc) is 2.36. The van der Waals surface area contributed by atoms with Gasteiger partial charge in [-0.1, -0.05) is 30.3 Å². The van der Waals surface area contributed by atoms with Crippen molar-refractivity contribution in [2.24, 2.45) is 0 Å². The Morgan fingerprint density at radius 1 is 1.11 bits per heavy atom. The van der Waals surface area contributed by atoms with Gasteiger partial charge in [-0.15, -0.1) is 0 Å². The van der Waals surface area contributed by atoms with Crippen LogP contribution < -0.4 is 10.4 Å². The van der Waals surface area contributed by atoms with Crippen LogP contribution in [0, 0.1) is 0 Å². The van der Waals surface area contributed by atoms with Gasteiger partial charge in [-0.3, -0.25) is 4.79 Å². The predicted octanol–water partition coefficient (Wildman–Crippen LogP) is 0.502. The molecule has 4 nitrogen and oxygen atoms in total. The first kappa shape index (κ1) is 12.6. The first-order valence-corrected chi connectivity index (χ1v) is 5.64. The predicted molar refractivity (Wildman–Crippen MR) is 72.9 cm³/mol. The van der Waals surface area contributed by atoms with Crippen molar-refractivity contribution < 1.29 is 14.8 Å². The van der Waals surface area contributed by atoms with E-state index < -0.39 is 7.12 Å². The van der Waals surface area contributed by atoms with Gasteiger partial charge >= 0.3 is 7.12 Å². The van der Waals surface area contributed by atoms with Gasteiger partial charge in [0.15, 0.2) is 0 Å². The summed E-state index contributed by atoms with van der Waals surface area (Å²) in [5.74, 6) is -0.0718. The Balaban J connectivity index is 2.71. The van der Waals surface area contributed by atoms with Crippen molar-refractivity contribution in [3.05, 3.63) is 36.4 Å². The van der Waals surface area contributed by atoms with Crippen LogP contribution in [0.4, 0.5) is 5.69 Å². The number of benzene rings is 2. The van der Waals surface area contributed by atoms with Crippen LogP contribution in [0.5, 0.6) is 0 Å². The summed E-state index contributed by atoms with van der Waals surface area (Å²) in [7, 11) is 0.172. The van der Waals surface area contributed by atoms with Crippen molar-refractivity contribution in [2.45, 2.75) is 6.92 Å². The van der Waals surface area contributed by atoms with E-state index in [0.29, 0.717) is 5.46 Å². The molecule has 2 N–H and O–H groups in total. The number of nitrogens with zero attached hydrogens (tertiary/aromatic N) is 1. The van der Waals surface area contributed by atoms with Gasteiger partial charge in [0.25, 0.3) is 0 Å². The molecule has 0 radical (unpaired) electrons. The lowest BCUT2D eigenvalue weighted by Crippen LogP contribution is -2.30. The molecule has 2 aromatic rings. The van der Waals surface area contributed by atoms with Gasteiger partial charge in [0, 0.05) is 19.4 Å². The molecule has 0 saturated carbocycles. The van der Waals surface area contributed by atoms with Crippen LogP contribution in [-0.4, -0.2) is 30.1 Å². The third kappa shape index (κ3) is 2.10. The quantitative estimate of drug-likeness (QED) is 0.755. The highest BCUT2D eigenvalue weighted by molar-refractivity contribution is 6.62. The minimum Gasteiger partial charge on any atom is -0.423 e. The summed E-state index contributed by atoms with van der Waals surface area (Å²) in [5.41, 5.74) is 1.19. The maximum absolute atomic E-state index is 11.4. The Hall–Kier alpha value is -1.85. The van der Waals surface area contributed by atoms with Crippen molar-refractivity contribution in [3.63, 3.8) is 0 Å². The summed E-state index contributed by atoms with van der Waals surface area (Å²) in [6.07, 6.45) is 0. The van der Waals surface area contributed by atoms with E-state index in [0.717, 1.165) is 16.5 Å². The van der Waals surface area contributed by atoms with E-state index in [1.54, 1.807) is 25.2 Å². The molecule has 92 valence electrons. The van der Waals surface area contributed by atoms with Crippen LogP contribution in [0.25, 0.3) is 10.8 Å². The fourth-order valence-corrected chi connectivity index (χ4v) is 2.00. The van der Waals surface area contributed by atoms with Gasteiger partial charge in [-0.2, -0.15) is 0 Å². The standard InChI is InChI=1S/C13H14BNO3/c1-9(16)15(2)13-8-4-5-10-11(13)6-3-7-12(10)14(17)18/h3-8,17-18H,1-2H3. The zero-order valence-corrected chi connectivity index (χ0v) is 10.3. The van der Waals surface area contributed by atoms with Crippen molar-refractivity contribution >= 4 is 34.9 Å². The molecule has 0 fully saturated rings. The lowest BCUT2D eigenvalue weighted by atomic mass is 9.77. The molecule has 0 aliphatic rings. The summed E-state index contributed by atoms with van der Waals surface area (Å²) in [6.45, 7) is 1.49. The molecule has 0 atom stereocenters. The minimum atomic E-state index is -1.52. The highest BCUT2D eigenvalue weighted by atomic mass is 16.4. The van der Waals surface area contributed by atoms with Crippen LogP contribution in [0.3, 0.4) is 0 Å². The third-order valence-corrected chi connectivity index (χ3v) is 3.04. The Morgan fingerprint density at radius 3 is 2.33 bits per heavy atom. The maximum Gasteiger partial charge on any atom is 0.489 e. The summed E-state index contributed by atoms with van der Waals surface area (Å²) in [5, 5.41) is 20.2. The van der Waals surface area contributed by atoms with E-state index in [4.69, 9.17) is 0 Å². The van der Waals surface area contributed by atoms with Crippen molar-refractivity contribution in [1.29, 1.82) is 0 Å². The normalized spacial score (nSPS) is 10.4. The molecule has 0 aromatic heterocycles. The highest BCUT2D eigenvalue weighted by Crippen LogP contribution is 2.25. The summed E-state index contributed by atoms with van der Waals surface area (Å²) < 4.78 is 0. The Labute approximate surface area is 106 Å². The molecule has 0 saturated heterocycles. The molecule has 1 amide bonds. The topological polar surface area (TPSA) is 60.8 Å². The molecule has 0 heterocycles. The van der Waals surface area contributed by atoms with Gasteiger partial charge in [0.1, 0.15) is 0 Å². The van der Waals surface area contributed by atoms with Gasteiger partial charge in [0.2, 0.25) is 5.91 Å². The summed E-state index contributed by atoms with van der Waals surface area (Å²) in [4.78, 5) is 13.0. The highest BCUT2D eigenvalue weighted by Gasteiger charge is 2.16. The van der Waals surface area contributed by atoms with Crippen LogP contribution in [0.15, 0.2) is 36.4 Å². The number of carbonyl (C=O) groups excluding carboxylic acids is 1. The lowest BCUT2D eigenvalue weighted by Gasteiger charge is -2.18. The number of fused-ring (bicyclic) bond motifs is 1. The average molecular weight is 243 g/mol. The molecule has 0 aliphatic carbocycles. The Bertz CT molecular complexity index is 598. The molecule has 0 spiro atoms. The van der Waals surface area contributed by atoms with Crippen LogP contribution in [0.2, 0.25) is 0 Å². The number of carbonyl (C=O) groups is 1. The maximum atomic E-state index is 11.4.